The van der Waals surface area contributed by atoms with Crippen molar-refractivity contribution in [2.75, 3.05) is 6.61 Å². The molecule has 7 nitrogen and oxygen atoms in total. The van der Waals surface area contributed by atoms with Crippen LogP contribution in [-0.4, -0.2) is 30.7 Å². The molecule has 176 valence electrons. The fourth-order valence-corrected chi connectivity index (χ4v) is 4.66. The highest BCUT2D eigenvalue weighted by molar-refractivity contribution is 7.90. The zero-order chi connectivity index (χ0) is 24.2. The molecule has 1 heterocycles. The lowest BCUT2D eigenvalue weighted by Crippen LogP contribution is -2.31. The van der Waals surface area contributed by atoms with E-state index in [4.69, 9.17) is 4.74 Å². The Morgan fingerprint density at radius 1 is 1.21 bits per heavy atom. The number of aromatic nitrogens is 2. The van der Waals surface area contributed by atoms with Crippen molar-refractivity contribution in [2.45, 2.75) is 45.6 Å². The summed E-state index contributed by atoms with van der Waals surface area (Å²) in [6.45, 7) is 7.86. The standard InChI is InChI=1S/C24H28FN3O4S/c1-5-32-24(29)27-33(30,31)23-9-6-18(12-16(2)3)13-21(23)19-7-8-20(22(25)14-19)15-28-11-10-26-17(28)4/h6-11,13-14,16H,5,12,15H2,1-4H3,(H,27,29). The molecule has 0 bridgehead atoms. The third-order valence-corrected chi connectivity index (χ3v) is 6.47. The molecular formula is C24H28FN3O4S. The number of carbonyl (C=O) groups excluding carboxylic acids is 1. The molecule has 1 aromatic heterocycles. The molecule has 0 saturated carbocycles. The van der Waals surface area contributed by atoms with Crippen LogP contribution < -0.4 is 4.72 Å². The van der Waals surface area contributed by atoms with Crippen LogP contribution in [0, 0.1) is 18.7 Å². The maximum Gasteiger partial charge on any atom is 0.421 e. The minimum atomic E-state index is -4.23. The van der Waals surface area contributed by atoms with Gasteiger partial charge in [-0.05, 0) is 55.5 Å². The fourth-order valence-electron chi connectivity index (χ4n) is 3.56. The number of aryl methyl sites for hydroxylation is 1. The summed E-state index contributed by atoms with van der Waals surface area (Å²) in [5, 5.41) is 0. The van der Waals surface area contributed by atoms with Gasteiger partial charge in [-0.1, -0.05) is 32.0 Å². The van der Waals surface area contributed by atoms with E-state index in [0.717, 1.165) is 17.8 Å². The third kappa shape index (κ3) is 5.98. The van der Waals surface area contributed by atoms with E-state index in [-0.39, 0.29) is 11.5 Å². The molecular weight excluding hydrogens is 445 g/mol. The first-order valence-electron chi connectivity index (χ1n) is 10.7. The first-order chi connectivity index (χ1) is 15.6. The lowest BCUT2D eigenvalue weighted by molar-refractivity contribution is 0.158. The van der Waals surface area contributed by atoms with Crippen LogP contribution in [-0.2, 0) is 27.7 Å². The second-order valence-corrected chi connectivity index (χ2v) is 9.81. The molecule has 0 aliphatic rings. The number of nitrogens with zero attached hydrogens (tertiary/aromatic N) is 2. The minimum absolute atomic E-state index is 0.0323. The Hall–Kier alpha value is -3.20. The number of halogens is 1. The number of amides is 1. The van der Waals surface area contributed by atoms with E-state index in [1.165, 1.54) is 12.1 Å². The highest BCUT2D eigenvalue weighted by Crippen LogP contribution is 2.31. The quantitative estimate of drug-likeness (QED) is 0.513. The number of benzene rings is 2. The van der Waals surface area contributed by atoms with E-state index in [0.29, 0.717) is 29.2 Å². The smallest absolute Gasteiger partial charge is 0.421 e. The summed E-state index contributed by atoms with van der Waals surface area (Å²) in [6.07, 6.45) is 3.07. The molecule has 9 heteroatoms. The van der Waals surface area contributed by atoms with Crippen LogP contribution in [0.25, 0.3) is 11.1 Å². The van der Waals surface area contributed by atoms with E-state index < -0.39 is 21.9 Å². The number of hydrogen-bond donors (Lipinski definition) is 1. The Bertz CT molecular complexity index is 1250. The summed E-state index contributed by atoms with van der Waals surface area (Å²) in [6, 6.07) is 9.51. The Morgan fingerprint density at radius 3 is 2.58 bits per heavy atom. The highest BCUT2D eigenvalue weighted by atomic mass is 32.2. The van der Waals surface area contributed by atoms with Gasteiger partial charge in [0.2, 0.25) is 0 Å². The average molecular weight is 474 g/mol. The van der Waals surface area contributed by atoms with Crippen molar-refractivity contribution in [3.05, 3.63) is 71.6 Å². The molecule has 1 N–H and O–H groups in total. The maximum absolute atomic E-state index is 15.0. The number of sulfonamides is 1. The molecule has 33 heavy (non-hydrogen) atoms. The number of nitrogens with one attached hydrogen (secondary N) is 1. The third-order valence-electron chi connectivity index (χ3n) is 5.10. The number of hydrogen-bond acceptors (Lipinski definition) is 5. The molecule has 0 unspecified atom stereocenters. The number of ether oxygens (including phenoxy) is 1. The summed E-state index contributed by atoms with van der Waals surface area (Å²) >= 11 is 0. The highest BCUT2D eigenvalue weighted by Gasteiger charge is 2.23. The van der Waals surface area contributed by atoms with Gasteiger partial charge in [-0.15, -0.1) is 0 Å². The van der Waals surface area contributed by atoms with Crippen molar-refractivity contribution < 1.29 is 22.3 Å². The maximum atomic E-state index is 15.0. The summed E-state index contributed by atoms with van der Waals surface area (Å²) in [7, 11) is -4.23. The van der Waals surface area contributed by atoms with Gasteiger partial charge in [0, 0.05) is 23.5 Å². The summed E-state index contributed by atoms with van der Waals surface area (Å²) < 4.78 is 49.3. The van der Waals surface area contributed by atoms with Crippen LogP contribution in [0.15, 0.2) is 53.7 Å². The van der Waals surface area contributed by atoms with Crippen LogP contribution in [0.5, 0.6) is 0 Å². The van der Waals surface area contributed by atoms with Gasteiger partial charge in [-0.2, -0.15) is 0 Å². The average Bonchev–Trinajstić information content (AvgIpc) is 3.13. The molecule has 0 atom stereocenters. The van der Waals surface area contributed by atoms with Crippen LogP contribution in [0.3, 0.4) is 0 Å². The lowest BCUT2D eigenvalue weighted by Gasteiger charge is -2.15. The summed E-state index contributed by atoms with van der Waals surface area (Å²) in [5.74, 6) is 0.644. The largest absolute Gasteiger partial charge is 0.449 e. The van der Waals surface area contributed by atoms with Gasteiger partial charge in [0.25, 0.3) is 10.0 Å². The molecule has 0 aliphatic carbocycles. The normalized spacial score (nSPS) is 11.6. The zero-order valence-electron chi connectivity index (χ0n) is 19.1. The molecule has 2 aromatic carbocycles. The molecule has 3 rings (SSSR count). The molecule has 0 fully saturated rings. The monoisotopic (exact) mass is 473 g/mol. The summed E-state index contributed by atoms with van der Waals surface area (Å²) in [5.41, 5.74) is 2.07. The number of imidazole rings is 1. The molecule has 0 aliphatic heterocycles. The van der Waals surface area contributed by atoms with Gasteiger partial charge in [0.05, 0.1) is 18.0 Å². The fraction of sp³-hybridized carbons (Fsp3) is 0.333. The summed E-state index contributed by atoms with van der Waals surface area (Å²) in [4.78, 5) is 15.8. The van der Waals surface area contributed by atoms with E-state index in [1.807, 2.05) is 16.2 Å². The Morgan fingerprint density at radius 2 is 1.97 bits per heavy atom. The van der Waals surface area contributed by atoms with E-state index in [2.05, 4.69) is 18.8 Å². The SMILES string of the molecule is CCOC(=O)NS(=O)(=O)c1ccc(CC(C)C)cc1-c1ccc(Cn2ccnc2C)c(F)c1. The molecule has 0 saturated heterocycles. The van der Waals surface area contributed by atoms with Crippen LogP contribution in [0.1, 0.15) is 37.7 Å². The first kappa shape index (κ1) is 24.4. The van der Waals surface area contributed by atoms with Crippen LogP contribution in [0.2, 0.25) is 0 Å². The van der Waals surface area contributed by atoms with Gasteiger partial charge in [0.1, 0.15) is 11.6 Å². The number of carbonyl (C=O) groups is 1. The molecule has 1 amide bonds. The van der Waals surface area contributed by atoms with Crippen molar-refractivity contribution in [3.63, 3.8) is 0 Å². The Kier molecular flexibility index (Phi) is 7.53. The van der Waals surface area contributed by atoms with Crippen molar-refractivity contribution >= 4 is 16.1 Å². The topological polar surface area (TPSA) is 90.3 Å². The first-order valence-corrected chi connectivity index (χ1v) is 12.2. The lowest BCUT2D eigenvalue weighted by atomic mass is 9.97. The van der Waals surface area contributed by atoms with Crippen molar-refractivity contribution in [2.24, 2.45) is 5.92 Å². The van der Waals surface area contributed by atoms with Crippen molar-refractivity contribution in [1.82, 2.24) is 14.3 Å². The van der Waals surface area contributed by atoms with Gasteiger partial charge >= 0.3 is 6.09 Å². The number of rotatable bonds is 8. The molecule has 3 aromatic rings. The minimum Gasteiger partial charge on any atom is -0.449 e. The Labute approximate surface area is 193 Å². The van der Waals surface area contributed by atoms with Gasteiger partial charge in [0.15, 0.2) is 0 Å². The van der Waals surface area contributed by atoms with Crippen LogP contribution >= 0.6 is 0 Å². The molecule has 0 spiro atoms. The Balaban J connectivity index is 2.04. The van der Waals surface area contributed by atoms with E-state index >= 15 is 4.39 Å². The second kappa shape index (κ2) is 10.2. The zero-order valence-corrected chi connectivity index (χ0v) is 19.9. The second-order valence-electron chi connectivity index (χ2n) is 8.16. The van der Waals surface area contributed by atoms with Crippen molar-refractivity contribution in [3.8, 4) is 11.1 Å². The van der Waals surface area contributed by atoms with E-state index in [9.17, 15) is 13.2 Å². The van der Waals surface area contributed by atoms with E-state index in [1.54, 1.807) is 43.6 Å². The molecule has 0 radical (unpaired) electrons. The predicted molar refractivity (Wildman–Crippen MR) is 124 cm³/mol. The van der Waals surface area contributed by atoms with Crippen molar-refractivity contribution in [1.29, 1.82) is 0 Å². The van der Waals surface area contributed by atoms with Gasteiger partial charge in [-0.25, -0.2) is 27.3 Å². The predicted octanol–water partition coefficient (Wildman–Crippen LogP) is 4.68. The van der Waals surface area contributed by atoms with Gasteiger partial charge < -0.3 is 9.30 Å². The van der Waals surface area contributed by atoms with Crippen LogP contribution in [0.4, 0.5) is 9.18 Å². The van der Waals surface area contributed by atoms with Gasteiger partial charge in [-0.3, -0.25) is 0 Å².